The minimum absolute atomic E-state index is 0.338. The molecule has 2 nitrogen and oxygen atoms in total. The maximum Gasteiger partial charge on any atom is 0.330 e. The van der Waals surface area contributed by atoms with Crippen LogP contribution in [0.1, 0.15) is 77.6 Å². The van der Waals surface area contributed by atoms with Gasteiger partial charge in [-0.3, -0.25) is 0 Å². The lowest BCUT2D eigenvalue weighted by Crippen LogP contribution is -1.98. The highest BCUT2D eigenvalue weighted by atomic mass is 16.4. The molecule has 0 atom stereocenters. The van der Waals surface area contributed by atoms with E-state index in [0.717, 1.165) is 32.1 Å². The zero-order valence-corrected chi connectivity index (χ0v) is 14.8. The molecule has 0 unspecified atom stereocenters. The number of hydrogen-bond donors (Lipinski definition) is 1. The van der Waals surface area contributed by atoms with E-state index < -0.39 is 5.97 Å². The molecule has 0 aliphatic carbocycles. The second kappa shape index (κ2) is 16.8. The average Bonchev–Trinajstić information content (AvgIpc) is 2.54. The molecule has 0 aromatic heterocycles. The minimum Gasteiger partial charge on any atom is -0.478 e. The third kappa shape index (κ3) is 16.6. The van der Waals surface area contributed by atoms with E-state index in [1.54, 1.807) is 0 Å². The molecule has 0 aliphatic rings. The second-order valence-electron chi connectivity index (χ2n) is 5.86. The van der Waals surface area contributed by atoms with Crippen molar-refractivity contribution < 1.29 is 9.90 Å². The Morgan fingerprint density at radius 1 is 0.826 bits per heavy atom. The van der Waals surface area contributed by atoms with Crippen molar-refractivity contribution in [2.24, 2.45) is 0 Å². The van der Waals surface area contributed by atoms with Crippen molar-refractivity contribution in [2.45, 2.75) is 77.6 Å². The zero-order chi connectivity index (χ0) is 17.2. The molecule has 0 rings (SSSR count). The van der Waals surface area contributed by atoms with Crippen LogP contribution in [0, 0.1) is 0 Å². The van der Waals surface area contributed by atoms with Gasteiger partial charge in [0.1, 0.15) is 0 Å². The number of carboxylic acids is 1. The summed E-state index contributed by atoms with van der Waals surface area (Å²) in [6, 6.07) is 0. The molecular weight excluding hydrogens is 284 g/mol. The van der Waals surface area contributed by atoms with Crippen LogP contribution in [-0.4, -0.2) is 11.1 Å². The largest absolute Gasteiger partial charge is 0.478 e. The first-order chi connectivity index (χ1) is 11.2. The predicted octanol–water partition coefficient (Wildman–Crippen LogP) is 6.61. The highest BCUT2D eigenvalue weighted by molar-refractivity contribution is 5.85. The Morgan fingerprint density at radius 3 is 1.96 bits per heavy atom. The molecule has 0 amide bonds. The van der Waals surface area contributed by atoms with E-state index in [0.29, 0.717) is 12.0 Å². The summed E-state index contributed by atoms with van der Waals surface area (Å²) in [6.07, 6.45) is 25.4. The van der Waals surface area contributed by atoms with Crippen molar-refractivity contribution in [3.63, 3.8) is 0 Å². The Balaban J connectivity index is 3.29. The first-order valence-electron chi connectivity index (χ1n) is 9.04. The Morgan fingerprint density at radius 2 is 1.35 bits per heavy atom. The maximum atomic E-state index is 10.6. The SMILES string of the molecule is C=C(CCCCCCCCC=CCC=CCC=CCC)C(=O)O. The molecule has 0 saturated heterocycles. The van der Waals surface area contributed by atoms with Crippen LogP contribution in [0.3, 0.4) is 0 Å². The number of unbranched alkanes of at least 4 members (excludes halogenated alkanes) is 6. The lowest BCUT2D eigenvalue weighted by Gasteiger charge is -2.01. The number of rotatable bonds is 15. The minimum atomic E-state index is -0.857. The van der Waals surface area contributed by atoms with Crippen molar-refractivity contribution in [3.05, 3.63) is 48.6 Å². The van der Waals surface area contributed by atoms with Crippen LogP contribution in [0.4, 0.5) is 0 Å². The molecule has 0 aliphatic heterocycles. The van der Waals surface area contributed by atoms with Crippen molar-refractivity contribution in [1.82, 2.24) is 0 Å². The van der Waals surface area contributed by atoms with Gasteiger partial charge in [-0.1, -0.05) is 75.6 Å². The molecule has 0 heterocycles. The number of carbonyl (C=O) groups is 1. The molecule has 0 saturated carbocycles. The molecular formula is C21H34O2. The molecule has 0 spiro atoms. The zero-order valence-electron chi connectivity index (χ0n) is 14.8. The molecule has 0 aromatic rings. The van der Waals surface area contributed by atoms with Crippen LogP contribution in [0.25, 0.3) is 0 Å². The Hall–Kier alpha value is -1.57. The lowest BCUT2D eigenvalue weighted by molar-refractivity contribution is -0.132. The van der Waals surface area contributed by atoms with Gasteiger partial charge < -0.3 is 5.11 Å². The Labute approximate surface area is 142 Å². The lowest BCUT2D eigenvalue weighted by atomic mass is 10.1. The topological polar surface area (TPSA) is 37.3 Å². The van der Waals surface area contributed by atoms with Gasteiger partial charge in [-0.25, -0.2) is 4.79 Å². The summed E-state index contributed by atoms with van der Waals surface area (Å²) in [5.41, 5.74) is 0.338. The molecule has 23 heavy (non-hydrogen) atoms. The first-order valence-corrected chi connectivity index (χ1v) is 9.04. The van der Waals surface area contributed by atoms with Crippen molar-refractivity contribution in [1.29, 1.82) is 0 Å². The summed E-state index contributed by atoms with van der Waals surface area (Å²) in [4.78, 5) is 10.6. The second-order valence-corrected chi connectivity index (χ2v) is 5.86. The van der Waals surface area contributed by atoms with E-state index in [4.69, 9.17) is 5.11 Å². The number of carboxylic acid groups (broad SMARTS) is 1. The van der Waals surface area contributed by atoms with Gasteiger partial charge in [0.15, 0.2) is 0 Å². The van der Waals surface area contributed by atoms with E-state index in [1.165, 1.54) is 32.1 Å². The fourth-order valence-corrected chi connectivity index (χ4v) is 2.24. The monoisotopic (exact) mass is 318 g/mol. The first kappa shape index (κ1) is 21.4. The predicted molar refractivity (Wildman–Crippen MR) is 101 cm³/mol. The van der Waals surface area contributed by atoms with Gasteiger partial charge in [-0.2, -0.15) is 0 Å². The van der Waals surface area contributed by atoms with Crippen LogP contribution in [0.2, 0.25) is 0 Å². The third-order valence-electron chi connectivity index (χ3n) is 3.68. The quantitative estimate of drug-likeness (QED) is 0.210. The van der Waals surface area contributed by atoms with Gasteiger partial charge in [0.2, 0.25) is 0 Å². The number of allylic oxidation sites excluding steroid dienone is 6. The molecule has 0 bridgehead atoms. The van der Waals surface area contributed by atoms with Gasteiger partial charge in [-0.15, -0.1) is 0 Å². The maximum absolute atomic E-state index is 10.6. The summed E-state index contributed by atoms with van der Waals surface area (Å²) in [6.45, 7) is 5.70. The van der Waals surface area contributed by atoms with Crippen molar-refractivity contribution in [3.8, 4) is 0 Å². The van der Waals surface area contributed by atoms with E-state index in [-0.39, 0.29) is 0 Å². The molecule has 130 valence electrons. The van der Waals surface area contributed by atoms with E-state index >= 15 is 0 Å². The number of aliphatic carboxylic acids is 1. The van der Waals surface area contributed by atoms with Gasteiger partial charge in [0.05, 0.1) is 0 Å². The number of hydrogen-bond acceptors (Lipinski definition) is 1. The summed E-state index contributed by atoms with van der Waals surface area (Å²) in [5.74, 6) is -0.857. The highest BCUT2D eigenvalue weighted by Crippen LogP contribution is 2.11. The van der Waals surface area contributed by atoms with E-state index in [1.807, 2.05) is 0 Å². The van der Waals surface area contributed by atoms with Crippen LogP contribution >= 0.6 is 0 Å². The fourth-order valence-electron chi connectivity index (χ4n) is 2.24. The van der Waals surface area contributed by atoms with Gasteiger partial charge in [0, 0.05) is 5.57 Å². The van der Waals surface area contributed by atoms with Crippen molar-refractivity contribution in [2.75, 3.05) is 0 Å². The molecule has 2 heteroatoms. The van der Waals surface area contributed by atoms with Crippen molar-refractivity contribution >= 4 is 5.97 Å². The van der Waals surface area contributed by atoms with Gasteiger partial charge >= 0.3 is 5.97 Å². The van der Waals surface area contributed by atoms with E-state index in [9.17, 15) is 4.79 Å². The van der Waals surface area contributed by atoms with Gasteiger partial charge in [-0.05, 0) is 44.9 Å². The summed E-state index contributed by atoms with van der Waals surface area (Å²) in [5, 5.41) is 8.69. The van der Waals surface area contributed by atoms with Gasteiger partial charge in [0.25, 0.3) is 0 Å². The van der Waals surface area contributed by atoms with Crippen LogP contribution in [-0.2, 0) is 4.79 Å². The standard InChI is InChI=1S/C21H34O2/c1-3-4-5-6-7-8-9-10-11-12-13-14-15-16-17-18-19-20(2)21(22)23/h4-5,7-8,10-11H,2-3,6,9,12-19H2,1H3,(H,22,23). The highest BCUT2D eigenvalue weighted by Gasteiger charge is 2.02. The summed E-state index contributed by atoms with van der Waals surface area (Å²) >= 11 is 0. The summed E-state index contributed by atoms with van der Waals surface area (Å²) in [7, 11) is 0. The normalized spacial score (nSPS) is 11.9. The smallest absolute Gasteiger partial charge is 0.330 e. The molecule has 0 radical (unpaired) electrons. The van der Waals surface area contributed by atoms with Crippen LogP contribution in [0.5, 0.6) is 0 Å². The third-order valence-corrected chi connectivity index (χ3v) is 3.68. The molecule has 0 fully saturated rings. The van der Waals surface area contributed by atoms with Crippen LogP contribution < -0.4 is 0 Å². The average molecular weight is 319 g/mol. The molecule has 0 aromatic carbocycles. The Kier molecular flexibility index (Phi) is 15.6. The fraction of sp³-hybridized carbons (Fsp3) is 0.571. The van der Waals surface area contributed by atoms with E-state index in [2.05, 4.69) is 50.0 Å². The van der Waals surface area contributed by atoms with Crippen LogP contribution in [0.15, 0.2) is 48.6 Å². The summed E-state index contributed by atoms with van der Waals surface area (Å²) < 4.78 is 0. The Bertz CT molecular complexity index is 389. The molecule has 1 N–H and O–H groups in total.